The van der Waals surface area contributed by atoms with Crippen LogP contribution in [-0.4, -0.2) is 18.5 Å². The molecule has 0 aliphatic heterocycles. The number of nitrogens with two attached hydrogens (primary N) is 1. The van der Waals surface area contributed by atoms with Crippen molar-refractivity contribution in [3.63, 3.8) is 0 Å². The van der Waals surface area contributed by atoms with E-state index in [1.165, 1.54) is 6.07 Å². The molecule has 0 fully saturated rings. The number of nitro groups is 1. The first-order valence-electron chi connectivity index (χ1n) is 5.70. The molecular formula is C12H20N4O2. The second-order valence-electron chi connectivity index (χ2n) is 5.56. The Morgan fingerprint density at radius 2 is 2.00 bits per heavy atom. The lowest BCUT2D eigenvalue weighted by Gasteiger charge is -2.28. The third-order valence-electron chi connectivity index (χ3n) is 2.43. The number of nitrogens with one attached hydrogen (secondary N) is 1. The molecule has 18 heavy (non-hydrogen) atoms. The van der Waals surface area contributed by atoms with Gasteiger partial charge in [0.05, 0.1) is 10.6 Å². The standard InChI is InChI=1S/C12H20N4O2/c1-12(2,3)8-15(4)10-5-9(14-13)6-11(7-10)16(17)18/h5-7,14H,8,13H2,1-4H3. The zero-order valence-electron chi connectivity index (χ0n) is 11.2. The molecule has 6 heteroatoms. The summed E-state index contributed by atoms with van der Waals surface area (Å²) in [5.41, 5.74) is 3.88. The predicted octanol–water partition coefficient (Wildman–Crippen LogP) is 2.36. The Balaban J connectivity index is 3.07. The van der Waals surface area contributed by atoms with Crippen LogP contribution in [0.3, 0.4) is 0 Å². The van der Waals surface area contributed by atoms with Gasteiger partial charge in [0.25, 0.3) is 5.69 Å². The SMILES string of the molecule is CN(CC(C)(C)C)c1cc(NN)cc([N+](=O)[O-])c1. The van der Waals surface area contributed by atoms with E-state index in [1.54, 1.807) is 12.1 Å². The zero-order chi connectivity index (χ0) is 13.9. The van der Waals surface area contributed by atoms with E-state index >= 15 is 0 Å². The lowest BCUT2D eigenvalue weighted by atomic mass is 9.96. The highest BCUT2D eigenvalue weighted by Crippen LogP contribution is 2.27. The Morgan fingerprint density at radius 1 is 1.39 bits per heavy atom. The quantitative estimate of drug-likeness (QED) is 0.488. The number of non-ortho nitro benzene ring substituents is 1. The van der Waals surface area contributed by atoms with E-state index in [-0.39, 0.29) is 11.1 Å². The van der Waals surface area contributed by atoms with Gasteiger partial charge in [0.2, 0.25) is 0 Å². The van der Waals surface area contributed by atoms with Gasteiger partial charge in [0, 0.05) is 31.4 Å². The molecule has 0 atom stereocenters. The third kappa shape index (κ3) is 3.89. The Kier molecular flexibility index (Phi) is 4.13. The summed E-state index contributed by atoms with van der Waals surface area (Å²) in [6.45, 7) is 7.13. The summed E-state index contributed by atoms with van der Waals surface area (Å²) in [5.74, 6) is 5.32. The molecule has 0 unspecified atom stereocenters. The Hall–Kier alpha value is -1.82. The van der Waals surface area contributed by atoms with Crippen LogP contribution in [0.15, 0.2) is 18.2 Å². The van der Waals surface area contributed by atoms with Gasteiger partial charge in [-0.15, -0.1) is 0 Å². The van der Waals surface area contributed by atoms with Gasteiger partial charge in [-0.3, -0.25) is 16.0 Å². The lowest BCUT2D eigenvalue weighted by molar-refractivity contribution is -0.384. The molecule has 0 aliphatic carbocycles. The minimum atomic E-state index is -0.421. The van der Waals surface area contributed by atoms with Gasteiger partial charge < -0.3 is 10.3 Å². The average Bonchev–Trinajstić information content (AvgIpc) is 2.26. The Morgan fingerprint density at radius 3 is 2.44 bits per heavy atom. The molecule has 0 saturated carbocycles. The summed E-state index contributed by atoms with van der Waals surface area (Å²) in [7, 11) is 1.91. The number of rotatable bonds is 4. The van der Waals surface area contributed by atoms with E-state index in [1.807, 2.05) is 11.9 Å². The maximum atomic E-state index is 10.8. The van der Waals surface area contributed by atoms with Crippen LogP contribution < -0.4 is 16.2 Å². The van der Waals surface area contributed by atoms with Gasteiger partial charge >= 0.3 is 0 Å². The summed E-state index contributed by atoms with van der Waals surface area (Å²) in [5, 5.41) is 10.8. The van der Waals surface area contributed by atoms with Crippen molar-refractivity contribution < 1.29 is 4.92 Å². The normalized spacial score (nSPS) is 11.2. The second-order valence-corrected chi connectivity index (χ2v) is 5.56. The maximum absolute atomic E-state index is 10.8. The fourth-order valence-electron chi connectivity index (χ4n) is 1.81. The molecule has 0 heterocycles. The number of nitrogens with zero attached hydrogens (tertiary/aromatic N) is 2. The van der Waals surface area contributed by atoms with Crippen molar-refractivity contribution in [3.05, 3.63) is 28.3 Å². The van der Waals surface area contributed by atoms with Crippen molar-refractivity contribution >= 4 is 17.1 Å². The van der Waals surface area contributed by atoms with Crippen LogP contribution in [0.1, 0.15) is 20.8 Å². The van der Waals surface area contributed by atoms with Crippen molar-refractivity contribution in [2.45, 2.75) is 20.8 Å². The number of benzene rings is 1. The van der Waals surface area contributed by atoms with E-state index in [2.05, 4.69) is 26.2 Å². The molecule has 1 aromatic carbocycles. The van der Waals surface area contributed by atoms with Crippen LogP contribution in [0.25, 0.3) is 0 Å². The molecule has 1 rings (SSSR count). The number of hydrogen-bond donors (Lipinski definition) is 2. The van der Waals surface area contributed by atoms with Gasteiger partial charge in [-0.05, 0) is 11.5 Å². The van der Waals surface area contributed by atoms with E-state index in [0.717, 1.165) is 12.2 Å². The first kappa shape index (κ1) is 14.2. The highest BCUT2D eigenvalue weighted by atomic mass is 16.6. The fraction of sp³-hybridized carbons (Fsp3) is 0.500. The van der Waals surface area contributed by atoms with Crippen LogP contribution in [-0.2, 0) is 0 Å². The zero-order valence-corrected chi connectivity index (χ0v) is 11.2. The van der Waals surface area contributed by atoms with Crippen molar-refractivity contribution in [2.75, 3.05) is 23.9 Å². The monoisotopic (exact) mass is 252 g/mol. The topological polar surface area (TPSA) is 84.4 Å². The second kappa shape index (κ2) is 5.22. The molecule has 100 valence electrons. The van der Waals surface area contributed by atoms with Crippen molar-refractivity contribution in [3.8, 4) is 0 Å². The minimum absolute atomic E-state index is 0.0289. The molecular weight excluding hydrogens is 232 g/mol. The van der Waals surface area contributed by atoms with Crippen LogP contribution in [0, 0.1) is 15.5 Å². The van der Waals surface area contributed by atoms with Crippen LogP contribution >= 0.6 is 0 Å². The van der Waals surface area contributed by atoms with Gasteiger partial charge in [-0.25, -0.2) is 0 Å². The highest BCUT2D eigenvalue weighted by molar-refractivity contribution is 5.64. The fourth-order valence-corrected chi connectivity index (χ4v) is 1.81. The van der Waals surface area contributed by atoms with Gasteiger partial charge in [-0.2, -0.15) is 0 Å². The summed E-state index contributed by atoms with van der Waals surface area (Å²) in [6, 6.07) is 4.75. The molecule has 0 aliphatic rings. The Bertz CT molecular complexity index is 440. The lowest BCUT2D eigenvalue weighted by Crippen LogP contribution is -2.29. The number of anilines is 2. The first-order chi connectivity index (χ1) is 8.23. The van der Waals surface area contributed by atoms with Crippen molar-refractivity contribution in [2.24, 2.45) is 11.3 Å². The minimum Gasteiger partial charge on any atom is -0.374 e. The van der Waals surface area contributed by atoms with Gasteiger partial charge in [-0.1, -0.05) is 20.8 Å². The number of nitrogen functional groups attached to an aromatic ring is 1. The smallest absolute Gasteiger partial charge is 0.273 e. The van der Waals surface area contributed by atoms with Crippen LogP contribution in [0.4, 0.5) is 17.1 Å². The molecule has 0 spiro atoms. The van der Waals surface area contributed by atoms with Crippen molar-refractivity contribution in [1.82, 2.24) is 0 Å². The van der Waals surface area contributed by atoms with Crippen LogP contribution in [0.5, 0.6) is 0 Å². The first-order valence-corrected chi connectivity index (χ1v) is 5.70. The summed E-state index contributed by atoms with van der Waals surface area (Å²) in [4.78, 5) is 12.4. The largest absolute Gasteiger partial charge is 0.374 e. The molecule has 0 amide bonds. The van der Waals surface area contributed by atoms with E-state index in [0.29, 0.717) is 5.69 Å². The third-order valence-corrected chi connectivity index (χ3v) is 2.43. The van der Waals surface area contributed by atoms with Gasteiger partial charge in [0.1, 0.15) is 0 Å². The summed E-state index contributed by atoms with van der Waals surface area (Å²) >= 11 is 0. The van der Waals surface area contributed by atoms with Crippen molar-refractivity contribution in [1.29, 1.82) is 0 Å². The average molecular weight is 252 g/mol. The number of hydrazine groups is 1. The molecule has 1 aromatic rings. The Labute approximate surface area is 107 Å². The maximum Gasteiger partial charge on any atom is 0.273 e. The van der Waals surface area contributed by atoms with E-state index in [4.69, 9.17) is 5.84 Å². The van der Waals surface area contributed by atoms with Crippen LogP contribution in [0.2, 0.25) is 0 Å². The number of nitro benzene ring substituents is 1. The summed E-state index contributed by atoms with van der Waals surface area (Å²) in [6.07, 6.45) is 0. The molecule has 0 saturated heterocycles. The molecule has 0 aromatic heterocycles. The molecule has 3 N–H and O–H groups in total. The number of hydrogen-bond acceptors (Lipinski definition) is 5. The molecule has 0 bridgehead atoms. The predicted molar refractivity (Wildman–Crippen MR) is 73.6 cm³/mol. The molecule has 6 nitrogen and oxygen atoms in total. The molecule has 0 radical (unpaired) electrons. The van der Waals surface area contributed by atoms with Gasteiger partial charge in [0.15, 0.2) is 0 Å². The van der Waals surface area contributed by atoms with E-state index in [9.17, 15) is 10.1 Å². The highest BCUT2D eigenvalue weighted by Gasteiger charge is 2.17. The van der Waals surface area contributed by atoms with E-state index < -0.39 is 4.92 Å². The summed E-state index contributed by atoms with van der Waals surface area (Å²) < 4.78 is 0.